The van der Waals surface area contributed by atoms with Crippen LogP contribution < -0.4 is 10.6 Å². The van der Waals surface area contributed by atoms with Gasteiger partial charge in [-0.1, -0.05) is 42.5 Å². The molecular weight excluding hydrogens is 264 g/mol. The van der Waals surface area contributed by atoms with Crippen LogP contribution in [0.3, 0.4) is 0 Å². The molecular formula is C16H16N4O. The molecule has 2 aromatic carbocycles. The summed E-state index contributed by atoms with van der Waals surface area (Å²) in [5, 5.41) is 5.87. The Morgan fingerprint density at radius 3 is 2.57 bits per heavy atom. The van der Waals surface area contributed by atoms with Crippen molar-refractivity contribution in [2.45, 2.75) is 6.54 Å². The molecule has 0 unspecified atom stereocenters. The highest BCUT2D eigenvalue weighted by Crippen LogP contribution is 2.19. The van der Waals surface area contributed by atoms with E-state index in [1.165, 1.54) is 0 Å². The highest BCUT2D eigenvalue weighted by atomic mass is 16.2. The molecule has 0 saturated carbocycles. The summed E-state index contributed by atoms with van der Waals surface area (Å²) in [4.78, 5) is 16.6. The lowest BCUT2D eigenvalue weighted by atomic mass is 10.2. The molecule has 5 heteroatoms. The molecule has 1 amide bonds. The molecule has 3 aromatic rings. The first-order valence-electron chi connectivity index (χ1n) is 6.77. The first-order valence-corrected chi connectivity index (χ1v) is 6.77. The number of hydrogen-bond donors (Lipinski definition) is 2. The Morgan fingerprint density at radius 2 is 1.81 bits per heavy atom. The van der Waals surface area contributed by atoms with Gasteiger partial charge in [-0.3, -0.25) is 0 Å². The van der Waals surface area contributed by atoms with Crippen LogP contribution in [-0.2, 0) is 6.54 Å². The van der Waals surface area contributed by atoms with Crippen LogP contribution in [0.15, 0.2) is 54.6 Å². The van der Waals surface area contributed by atoms with Crippen molar-refractivity contribution in [3.05, 3.63) is 60.2 Å². The van der Waals surface area contributed by atoms with E-state index in [1.807, 2.05) is 54.6 Å². The number of aromatic nitrogens is 2. The molecule has 106 valence electrons. The molecule has 1 heterocycles. The number of nitrogens with zero attached hydrogens (tertiary/aromatic N) is 2. The second-order valence-corrected chi connectivity index (χ2v) is 4.65. The Kier molecular flexibility index (Phi) is 3.55. The van der Waals surface area contributed by atoms with Crippen LogP contribution in [0, 0.1) is 0 Å². The van der Waals surface area contributed by atoms with E-state index in [4.69, 9.17) is 0 Å². The molecule has 0 fully saturated rings. The maximum atomic E-state index is 12.1. The minimum Gasteiger partial charge on any atom is -0.351 e. The zero-order chi connectivity index (χ0) is 14.7. The molecule has 0 spiro atoms. The van der Waals surface area contributed by atoms with Gasteiger partial charge in [-0.05, 0) is 17.7 Å². The topological polar surface area (TPSA) is 59.0 Å². The lowest BCUT2D eigenvalue weighted by Crippen LogP contribution is -2.25. The maximum Gasteiger partial charge on any atom is 0.328 e. The van der Waals surface area contributed by atoms with Crippen molar-refractivity contribution in [2.75, 3.05) is 12.4 Å². The predicted octanol–water partition coefficient (Wildman–Crippen LogP) is 2.84. The maximum absolute atomic E-state index is 12.1. The Morgan fingerprint density at radius 1 is 1.10 bits per heavy atom. The molecule has 2 N–H and O–H groups in total. The van der Waals surface area contributed by atoms with E-state index in [9.17, 15) is 4.79 Å². The van der Waals surface area contributed by atoms with E-state index >= 15 is 0 Å². The summed E-state index contributed by atoms with van der Waals surface area (Å²) < 4.78 is 1.55. The van der Waals surface area contributed by atoms with E-state index in [2.05, 4.69) is 15.6 Å². The number of carbonyl (C=O) groups is 1. The molecule has 0 radical (unpaired) electrons. The zero-order valence-electron chi connectivity index (χ0n) is 11.7. The Bertz CT molecular complexity index is 764. The average Bonchev–Trinajstić information content (AvgIpc) is 2.91. The van der Waals surface area contributed by atoms with Gasteiger partial charge in [0.15, 0.2) is 0 Å². The quantitative estimate of drug-likeness (QED) is 0.775. The number of anilines is 1. The van der Waals surface area contributed by atoms with E-state index in [0.29, 0.717) is 12.5 Å². The van der Waals surface area contributed by atoms with Gasteiger partial charge in [0.2, 0.25) is 5.95 Å². The SMILES string of the molecule is CNC(=O)n1c(NCc2ccccc2)nc2ccccc21. The van der Waals surface area contributed by atoms with Crippen LogP contribution in [0.1, 0.15) is 5.56 Å². The number of imidazole rings is 1. The molecule has 5 nitrogen and oxygen atoms in total. The third-order valence-corrected chi connectivity index (χ3v) is 3.27. The number of para-hydroxylation sites is 2. The molecule has 0 atom stereocenters. The molecule has 0 aliphatic heterocycles. The largest absolute Gasteiger partial charge is 0.351 e. The van der Waals surface area contributed by atoms with Crippen LogP contribution in [0.4, 0.5) is 10.7 Å². The smallest absolute Gasteiger partial charge is 0.328 e. The van der Waals surface area contributed by atoms with Crippen molar-refractivity contribution in [2.24, 2.45) is 0 Å². The van der Waals surface area contributed by atoms with E-state index in [1.54, 1.807) is 11.6 Å². The van der Waals surface area contributed by atoms with Gasteiger partial charge < -0.3 is 10.6 Å². The number of fused-ring (bicyclic) bond motifs is 1. The minimum atomic E-state index is -0.209. The van der Waals surface area contributed by atoms with Gasteiger partial charge in [0.1, 0.15) is 0 Å². The second-order valence-electron chi connectivity index (χ2n) is 4.65. The van der Waals surface area contributed by atoms with E-state index in [0.717, 1.165) is 16.6 Å². The first kappa shape index (κ1) is 13.2. The Labute approximate surface area is 122 Å². The third-order valence-electron chi connectivity index (χ3n) is 3.27. The van der Waals surface area contributed by atoms with E-state index < -0.39 is 0 Å². The molecule has 0 aliphatic rings. The van der Waals surface area contributed by atoms with Crippen LogP contribution in [0.5, 0.6) is 0 Å². The van der Waals surface area contributed by atoms with Crippen molar-refractivity contribution in [3.63, 3.8) is 0 Å². The van der Waals surface area contributed by atoms with Gasteiger partial charge in [-0.15, -0.1) is 0 Å². The number of benzene rings is 2. The lowest BCUT2D eigenvalue weighted by molar-refractivity contribution is 0.245. The number of carbonyl (C=O) groups excluding carboxylic acids is 1. The number of rotatable bonds is 3. The van der Waals surface area contributed by atoms with Crippen LogP contribution in [-0.4, -0.2) is 22.6 Å². The fraction of sp³-hybridized carbons (Fsp3) is 0.125. The van der Waals surface area contributed by atoms with Gasteiger partial charge in [-0.25, -0.2) is 14.3 Å². The molecule has 3 rings (SSSR count). The highest BCUT2D eigenvalue weighted by molar-refractivity contribution is 5.92. The van der Waals surface area contributed by atoms with Crippen LogP contribution in [0.2, 0.25) is 0 Å². The van der Waals surface area contributed by atoms with Gasteiger partial charge in [-0.2, -0.15) is 0 Å². The molecule has 1 aromatic heterocycles. The van der Waals surface area contributed by atoms with E-state index in [-0.39, 0.29) is 6.03 Å². The zero-order valence-corrected chi connectivity index (χ0v) is 11.7. The predicted molar refractivity (Wildman–Crippen MR) is 83.4 cm³/mol. The van der Waals surface area contributed by atoms with Crippen LogP contribution >= 0.6 is 0 Å². The second kappa shape index (κ2) is 5.66. The lowest BCUT2D eigenvalue weighted by Gasteiger charge is -2.09. The highest BCUT2D eigenvalue weighted by Gasteiger charge is 2.15. The van der Waals surface area contributed by atoms with Gasteiger partial charge in [0.25, 0.3) is 0 Å². The average molecular weight is 280 g/mol. The monoisotopic (exact) mass is 280 g/mol. The summed E-state index contributed by atoms with van der Waals surface area (Å²) in [5.74, 6) is 0.541. The summed E-state index contributed by atoms with van der Waals surface area (Å²) in [6, 6.07) is 17.4. The third kappa shape index (κ3) is 2.58. The number of hydrogen-bond acceptors (Lipinski definition) is 3. The first-order chi connectivity index (χ1) is 10.3. The molecule has 0 bridgehead atoms. The van der Waals surface area contributed by atoms with Crippen molar-refractivity contribution < 1.29 is 4.79 Å². The molecule has 21 heavy (non-hydrogen) atoms. The number of amides is 1. The standard InChI is InChI=1S/C16H16N4O/c1-17-16(21)20-14-10-6-5-9-13(14)19-15(20)18-11-12-7-3-2-4-8-12/h2-10H,11H2,1H3,(H,17,21)(H,18,19). The fourth-order valence-corrected chi connectivity index (χ4v) is 2.24. The minimum absolute atomic E-state index is 0.209. The van der Waals surface area contributed by atoms with Gasteiger partial charge in [0.05, 0.1) is 11.0 Å². The Hall–Kier alpha value is -2.82. The summed E-state index contributed by atoms with van der Waals surface area (Å²) in [5.41, 5.74) is 2.71. The van der Waals surface area contributed by atoms with Gasteiger partial charge >= 0.3 is 6.03 Å². The summed E-state index contributed by atoms with van der Waals surface area (Å²) in [6.07, 6.45) is 0. The normalized spacial score (nSPS) is 10.5. The fourth-order valence-electron chi connectivity index (χ4n) is 2.24. The summed E-state index contributed by atoms with van der Waals surface area (Å²) >= 11 is 0. The van der Waals surface area contributed by atoms with Crippen molar-refractivity contribution in [3.8, 4) is 0 Å². The van der Waals surface area contributed by atoms with Crippen molar-refractivity contribution in [1.29, 1.82) is 0 Å². The summed E-state index contributed by atoms with van der Waals surface area (Å²) in [7, 11) is 1.61. The molecule has 0 aliphatic carbocycles. The van der Waals surface area contributed by atoms with Crippen molar-refractivity contribution >= 4 is 23.0 Å². The molecule has 0 saturated heterocycles. The van der Waals surface area contributed by atoms with Crippen molar-refractivity contribution in [1.82, 2.24) is 14.9 Å². The number of nitrogens with one attached hydrogen (secondary N) is 2. The van der Waals surface area contributed by atoms with Gasteiger partial charge in [0, 0.05) is 13.6 Å². The summed E-state index contributed by atoms with van der Waals surface area (Å²) in [6.45, 7) is 0.612. The Balaban J connectivity index is 1.95. The van der Waals surface area contributed by atoms with Crippen LogP contribution in [0.25, 0.3) is 11.0 Å².